The highest BCUT2D eigenvalue weighted by atomic mass is 16.4. The minimum Gasteiger partial charge on any atom is -0.481 e. The Hall–Kier alpha value is -2.69. The molecule has 3 rings (SSSR count). The van der Waals surface area contributed by atoms with Gasteiger partial charge in [0.2, 0.25) is 0 Å². The molecule has 5 heteroatoms. The van der Waals surface area contributed by atoms with Crippen molar-refractivity contribution >= 4 is 17.1 Å². The van der Waals surface area contributed by atoms with Crippen LogP contribution in [0.3, 0.4) is 0 Å². The third-order valence-electron chi connectivity index (χ3n) is 3.13. The number of aryl methyl sites for hydroxylation is 1. The van der Waals surface area contributed by atoms with E-state index >= 15 is 0 Å². The number of pyridine rings is 1. The Bertz CT molecular complexity index is 775. The summed E-state index contributed by atoms with van der Waals surface area (Å²) in [6, 6.07) is 11.2. The summed E-state index contributed by atoms with van der Waals surface area (Å²) in [5.74, 6) is 0.0216. The molecule has 0 saturated heterocycles. The summed E-state index contributed by atoms with van der Waals surface area (Å²) in [4.78, 5) is 19.5. The number of nitrogens with zero attached hydrogens (tertiary/aromatic N) is 3. The second kappa shape index (κ2) is 4.77. The van der Waals surface area contributed by atoms with Crippen LogP contribution in [0, 0.1) is 6.92 Å². The van der Waals surface area contributed by atoms with Crippen LogP contribution in [0.2, 0.25) is 0 Å². The Morgan fingerprint density at radius 2 is 2.00 bits per heavy atom. The number of imidazole rings is 1. The molecule has 0 saturated carbocycles. The van der Waals surface area contributed by atoms with Gasteiger partial charge in [-0.25, -0.2) is 9.97 Å². The lowest BCUT2D eigenvalue weighted by atomic mass is 10.1. The van der Waals surface area contributed by atoms with Gasteiger partial charge in [-0.1, -0.05) is 12.1 Å². The van der Waals surface area contributed by atoms with Crippen molar-refractivity contribution in [1.82, 2.24) is 14.5 Å². The fourth-order valence-electron chi connectivity index (χ4n) is 2.27. The lowest BCUT2D eigenvalue weighted by Gasteiger charge is -2.07. The van der Waals surface area contributed by atoms with Gasteiger partial charge in [-0.2, -0.15) is 0 Å². The van der Waals surface area contributed by atoms with Gasteiger partial charge >= 0.3 is 5.97 Å². The lowest BCUT2D eigenvalue weighted by Crippen LogP contribution is -2.01. The number of hydrogen-bond donors (Lipinski definition) is 1. The molecule has 1 N–H and O–H groups in total. The van der Waals surface area contributed by atoms with Gasteiger partial charge in [-0.05, 0) is 36.8 Å². The molecular weight excluding hydrogens is 254 g/mol. The molecule has 0 bridgehead atoms. The number of rotatable bonds is 3. The topological polar surface area (TPSA) is 68.0 Å². The van der Waals surface area contributed by atoms with Gasteiger partial charge in [-0.3, -0.25) is 9.36 Å². The highest BCUT2D eigenvalue weighted by Crippen LogP contribution is 2.19. The van der Waals surface area contributed by atoms with Gasteiger partial charge < -0.3 is 5.11 Å². The highest BCUT2D eigenvalue weighted by molar-refractivity contribution is 5.74. The molecule has 2 aromatic heterocycles. The summed E-state index contributed by atoms with van der Waals surface area (Å²) in [5.41, 5.74) is 3.35. The van der Waals surface area contributed by atoms with Crippen molar-refractivity contribution in [3.63, 3.8) is 0 Å². The normalized spacial score (nSPS) is 10.8. The van der Waals surface area contributed by atoms with Crippen molar-refractivity contribution in [1.29, 1.82) is 0 Å². The maximum atomic E-state index is 10.7. The summed E-state index contributed by atoms with van der Waals surface area (Å²) in [7, 11) is 0. The maximum absolute atomic E-state index is 10.7. The van der Waals surface area contributed by atoms with Crippen molar-refractivity contribution in [2.75, 3.05) is 0 Å². The number of benzene rings is 1. The zero-order valence-corrected chi connectivity index (χ0v) is 10.9. The predicted octanol–water partition coefficient (Wildman–Crippen LogP) is 2.36. The molecule has 2 heterocycles. The molecule has 20 heavy (non-hydrogen) atoms. The van der Waals surface area contributed by atoms with Crippen LogP contribution in [0.5, 0.6) is 0 Å². The highest BCUT2D eigenvalue weighted by Gasteiger charge is 2.10. The van der Waals surface area contributed by atoms with Crippen LogP contribution in [0.15, 0.2) is 42.6 Å². The number of carboxylic acid groups (broad SMARTS) is 1. The van der Waals surface area contributed by atoms with Crippen molar-refractivity contribution in [2.45, 2.75) is 13.3 Å². The average molecular weight is 267 g/mol. The Kier molecular flexibility index (Phi) is 2.95. The van der Waals surface area contributed by atoms with Crippen LogP contribution in [-0.4, -0.2) is 25.6 Å². The molecule has 0 fully saturated rings. The van der Waals surface area contributed by atoms with E-state index in [1.807, 2.05) is 47.9 Å². The number of fused-ring (bicyclic) bond motifs is 1. The first-order valence-corrected chi connectivity index (χ1v) is 6.26. The molecule has 5 nitrogen and oxygen atoms in total. The summed E-state index contributed by atoms with van der Waals surface area (Å²) < 4.78 is 1.96. The van der Waals surface area contributed by atoms with Gasteiger partial charge in [0, 0.05) is 11.9 Å². The van der Waals surface area contributed by atoms with Crippen LogP contribution in [0.4, 0.5) is 0 Å². The van der Waals surface area contributed by atoms with Crippen molar-refractivity contribution in [2.24, 2.45) is 0 Å². The molecule has 0 amide bonds. The van der Waals surface area contributed by atoms with Gasteiger partial charge in [0.15, 0.2) is 5.65 Å². The average Bonchev–Trinajstić information content (AvgIpc) is 2.75. The molecule has 0 unspecified atom stereocenters. The number of aliphatic carboxylic acids is 1. The van der Waals surface area contributed by atoms with Crippen LogP contribution >= 0.6 is 0 Å². The number of aromatic nitrogens is 3. The minimum absolute atomic E-state index is 0.0299. The van der Waals surface area contributed by atoms with Crippen LogP contribution in [-0.2, 0) is 11.2 Å². The fraction of sp³-hybridized carbons (Fsp3) is 0.133. The third kappa shape index (κ3) is 2.14. The molecule has 0 atom stereocenters. The predicted molar refractivity (Wildman–Crippen MR) is 74.9 cm³/mol. The first kappa shape index (κ1) is 12.3. The Morgan fingerprint density at radius 1 is 1.25 bits per heavy atom. The van der Waals surface area contributed by atoms with Gasteiger partial charge in [0.05, 0.1) is 6.42 Å². The summed E-state index contributed by atoms with van der Waals surface area (Å²) in [6.07, 6.45) is 1.76. The Balaban J connectivity index is 2.07. The Morgan fingerprint density at radius 3 is 2.70 bits per heavy atom. The monoisotopic (exact) mass is 267 g/mol. The number of carbonyl (C=O) groups is 1. The summed E-state index contributed by atoms with van der Waals surface area (Å²) in [6.45, 7) is 1.92. The largest absolute Gasteiger partial charge is 0.481 e. The molecule has 0 radical (unpaired) electrons. The van der Waals surface area contributed by atoms with Crippen LogP contribution in [0.25, 0.3) is 16.9 Å². The van der Waals surface area contributed by atoms with E-state index in [9.17, 15) is 4.79 Å². The zero-order valence-electron chi connectivity index (χ0n) is 10.9. The molecule has 0 aliphatic heterocycles. The van der Waals surface area contributed by atoms with Crippen molar-refractivity contribution < 1.29 is 9.90 Å². The van der Waals surface area contributed by atoms with E-state index < -0.39 is 5.97 Å². The lowest BCUT2D eigenvalue weighted by molar-refractivity contribution is -0.136. The van der Waals surface area contributed by atoms with Gasteiger partial charge in [0.1, 0.15) is 11.3 Å². The van der Waals surface area contributed by atoms with E-state index in [1.165, 1.54) is 0 Å². The van der Waals surface area contributed by atoms with E-state index in [-0.39, 0.29) is 6.42 Å². The maximum Gasteiger partial charge on any atom is 0.307 e. The van der Waals surface area contributed by atoms with Gasteiger partial charge in [0.25, 0.3) is 0 Å². The van der Waals surface area contributed by atoms with Crippen LogP contribution < -0.4 is 0 Å². The van der Waals surface area contributed by atoms with E-state index in [0.29, 0.717) is 0 Å². The second-order valence-electron chi connectivity index (χ2n) is 4.58. The van der Waals surface area contributed by atoms with E-state index in [1.54, 1.807) is 6.20 Å². The van der Waals surface area contributed by atoms with Crippen molar-refractivity contribution in [3.8, 4) is 5.69 Å². The van der Waals surface area contributed by atoms with Crippen molar-refractivity contribution in [3.05, 3.63) is 54.0 Å². The molecule has 0 spiro atoms. The number of carboxylic acids is 1. The Labute approximate surface area is 115 Å². The van der Waals surface area contributed by atoms with E-state index in [0.717, 1.165) is 28.2 Å². The smallest absolute Gasteiger partial charge is 0.307 e. The minimum atomic E-state index is -0.830. The third-order valence-corrected chi connectivity index (χ3v) is 3.13. The molecule has 0 aliphatic rings. The molecule has 3 aromatic rings. The quantitative estimate of drug-likeness (QED) is 0.791. The molecule has 1 aromatic carbocycles. The van der Waals surface area contributed by atoms with E-state index in [2.05, 4.69) is 9.97 Å². The van der Waals surface area contributed by atoms with Gasteiger partial charge in [-0.15, -0.1) is 0 Å². The van der Waals surface area contributed by atoms with E-state index in [4.69, 9.17) is 5.11 Å². The zero-order chi connectivity index (χ0) is 14.1. The molecule has 0 aliphatic carbocycles. The molecule has 100 valence electrons. The molecular formula is C15H13N3O2. The standard InChI is InChI=1S/C15H13N3O2/c1-10-17-13-3-2-8-16-15(13)18(10)12-6-4-11(5-7-12)9-14(19)20/h2-8H,9H2,1H3,(H,19,20). The second-order valence-corrected chi connectivity index (χ2v) is 4.58. The summed E-state index contributed by atoms with van der Waals surface area (Å²) >= 11 is 0. The summed E-state index contributed by atoms with van der Waals surface area (Å²) in [5, 5.41) is 8.78. The number of hydrogen-bond acceptors (Lipinski definition) is 3. The first-order valence-electron chi connectivity index (χ1n) is 6.26. The SMILES string of the molecule is Cc1nc2cccnc2n1-c1ccc(CC(=O)O)cc1. The first-order chi connectivity index (χ1) is 9.65. The fourth-order valence-corrected chi connectivity index (χ4v) is 2.27. The van der Waals surface area contributed by atoms with Crippen LogP contribution in [0.1, 0.15) is 11.4 Å².